The maximum absolute atomic E-state index is 12.5. The summed E-state index contributed by atoms with van der Waals surface area (Å²) in [4.78, 5) is 14.6. The van der Waals surface area contributed by atoms with Crippen LogP contribution in [0.15, 0.2) is 24.3 Å². The number of benzene rings is 1. The van der Waals surface area contributed by atoms with E-state index in [1.807, 2.05) is 56.9 Å². The summed E-state index contributed by atoms with van der Waals surface area (Å²) in [5.74, 6) is 0.823. The lowest BCUT2D eigenvalue weighted by Crippen LogP contribution is -2.34. The average molecular weight is 398 g/mol. The second-order valence-corrected chi connectivity index (χ2v) is 7.34. The van der Waals surface area contributed by atoms with Crippen LogP contribution in [0, 0.1) is 25.2 Å². The molecule has 0 fully saturated rings. The highest BCUT2D eigenvalue weighted by molar-refractivity contribution is 5.76. The van der Waals surface area contributed by atoms with Gasteiger partial charge in [-0.2, -0.15) is 10.4 Å². The molecule has 7 nitrogen and oxygen atoms in total. The van der Waals surface area contributed by atoms with E-state index in [2.05, 4.69) is 21.4 Å². The SMILES string of the molecule is COc1cccc([C@@H](CNC(=O)CCc2c(C)nn(CCC#N)c2C)N(C)C)c1. The number of likely N-dealkylation sites (N-methyl/N-ethyl adjacent to an activating group) is 1. The molecular formula is C22H31N5O2. The molecule has 0 saturated carbocycles. The smallest absolute Gasteiger partial charge is 0.220 e. The lowest BCUT2D eigenvalue weighted by molar-refractivity contribution is -0.121. The Morgan fingerprint density at radius 1 is 1.38 bits per heavy atom. The van der Waals surface area contributed by atoms with Crippen molar-refractivity contribution in [3.05, 3.63) is 46.8 Å². The molecule has 1 N–H and O–H groups in total. The zero-order valence-corrected chi connectivity index (χ0v) is 18.0. The van der Waals surface area contributed by atoms with Crippen molar-refractivity contribution in [1.29, 1.82) is 5.26 Å². The molecule has 0 unspecified atom stereocenters. The standard InChI is InChI=1S/C22H31N5O2/c1-16-20(17(2)27(25-16)13-7-12-23)10-11-22(28)24-15-21(26(3)4)18-8-6-9-19(14-18)29-5/h6,8-9,14,21H,7,10-11,13,15H2,1-5H3,(H,24,28)/t21-/m1/s1. The monoisotopic (exact) mass is 397 g/mol. The Hall–Kier alpha value is -2.85. The highest BCUT2D eigenvalue weighted by Crippen LogP contribution is 2.22. The summed E-state index contributed by atoms with van der Waals surface area (Å²) in [7, 11) is 5.65. The Labute approximate surface area is 173 Å². The number of amides is 1. The first-order valence-electron chi connectivity index (χ1n) is 9.84. The summed E-state index contributed by atoms with van der Waals surface area (Å²) in [6.45, 7) is 5.06. The minimum atomic E-state index is 0.0170. The Bertz CT molecular complexity index is 867. The predicted octanol–water partition coefficient (Wildman–Crippen LogP) is 2.77. The van der Waals surface area contributed by atoms with Crippen molar-refractivity contribution in [1.82, 2.24) is 20.0 Å². The molecular weight excluding hydrogens is 366 g/mol. The van der Waals surface area contributed by atoms with Gasteiger partial charge in [-0.05, 0) is 57.6 Å². The third kappa shape index (κ3) is 6.06. The molecule has 0 bridgehead atoms. The Morgan fingerprint density at radius 2 is 2.14 bits per heavy atom. The summed E-state index contributed by atoms with van der Waals surface area (Å²) in [6.07, 6.45) is 1.48. The zero-order valence-electron chi connectivity index (χ0n) is 18.0. The van der Waals surface area contributed by atoms with E-state index in [0.29, 0.717) is 32.4 Å². The highest BCUT2D eigenvalue weighted by Gasteiger charge is 2.17. The number of nitrogens with zero attached hydrogens (tertiary/aromatic N) is 4. The van der Waals surface area contributed by atoms with Crippen LogP contribution >= 0.6 is 0 Å². The Balaban J connectivity index is 1.95. The van der Waals surface area contributed by atoms with E-state index in [4.69, 9.17) is 10.00 Å². The predicted molar refractivity (Wildman–Crippen MR) is 113 cm³/mol. The molecule has 0 aliphatic rings. The molecule has 1 heterocycles. The molecule has 0 aliphatic carbocycles. The molecule has 0 spiro atoms. The Morgan fingerprint density at radius 3 is 2.79 bits per heavy atom. The highest BCUT2D eigenvalue weighted by atomic mass is 16.5. The number of carbonyl (C=O) groups excluding carboxylic acids is 1. The fraction of sp³-hybridized carbons (Fsp3) is 0.500. The first-order chi connectivity index (χ1) is 13.9. The quantitative estimate of drug-likeness (QED) is 0.666. The van der Waals surface area contributed by atoms with Gasteiger partial charge in [-0.1, -0.05) is 12.1 Å². The van der Waals surface area contributed by atoms with E-state index in [1.54, 1.807) is 7.11 Å². The molecule has 1 amide bonds. The number of aromatic nitrogens is 2. The number of methoxy groups -OCH3 is 1. The van der Waals surface area contributed by atoms with Gasteiger partial charge in [-0.3, -0.25) is 9.48 Å². The van der Waals surface area contributed by atoms with E-state index >= 15 is 0 Å². The molecule has 29 heavy (non-hydrogen) atoms. The van der Waals surface area contributed by atoms with Crippen LogP contribution in [0.1, 0.15) is 41.4 Å². The second-order valence-electron chi connectivity index (χ2n) is 7.34. The maximum atomic E-state index is 12.5. The van der Waals surface area contributed by atoms with Crippen molar-refractivity contribution in [2.75, 3.05) is 27.7 Å². The number of hydrogen-bond donors (Lipinski definition) is 1. The average Bonchev–Trinajstić information content (AvgIpc) is 2.97. The summed E-state index contributed by atoms with van der Waals surface area (Å²) in [6, 6.07) is 10.1. The number of hydrogen-bond acceptors (Lipinski definition) is 5. The van der Waals surface area contributed by atoms with Crippen LogP contribution in [0.25, 0.3) is 0 Å². The van der Waals surface area contributed by atoms with Gasteiger partial charge in [0, 0.05) is 18.7 Å². The molecule has 2 rings (SSSR count). The summed E-state index contributed by atoms with van der Waals surface area (Å²) >= 11 is 0. The molecule has 1 aromatic carbocycles. The molecule has 0 saturated heterocycles. The summed E-state index contributed by atoms with van der Waals surface area (Å²) in [5, 5.41) is 16.3. The number of nitrogens with one attached hydrogen (secondary N) is 1. The van der Waals surface area contributed by atoms with Gasteiger partial charge >= 0.3 is 0 Å². The number of nitriles is 1. The topological polar surface area (TPSA) is 83.2 Å². The fourth-order valence-electron chi connectivity index (χ4n) is 3.45. The van der Waals surface area contributed by atoms with Crippen molar-refractivity contribution in [3.8, 4) is 11.8 Å². The minimum Gasteiger partial charge on any atom is -0.497 e. The lowest BCUT2D eigenvalue weighted by atomic mass is 10.0. The fourth-order valence-corrected chi connectivity index (χ4v) is 3.45. The van der Waals surface area contributed by atoms with E-state index in [0.717, 1.165) is 28.3 Å². The van der Waals surface area contributed by atoms with Crippen LogP contribution in [-0.4, -0.2) is 48.3 Å². The van der Waals surface area contributed by atoms with Gasteiger partial charge in [-0.15, -0.1) is 0 Å². The molecule has 1 aromatic heterocycles. The Kier molecular flexibility index (Phi) is 8.22. The third-order valence-corrected chi connectivity index (χ3v) is 5.16. The first kappa shape index (κ1) is 22.4. The number of ether oxygens (including phenoxy) is 1. The normalized spacial score (nSPS) is 11.9. The van der Waals surface area contributed by atoms with Gasteiger partial charge in [0.15, 0.2) is 0 Å². The van der Waals surface area contributed by atoms with Gasteiger partial charge in [0.1, 0.15) is 5.75 Å². The van der Waals surface area contributed by atoms with Crippen molar-refractivity contribution in [2.45, 2.75) is 45.7 Å². The van der Waals surface area contributed by atoms with Crippen LogP contribution in [0.4, 0.5) is 0 Å². The van der Waals surface area contributed by atoms with Crippen molar-refractivity contribution in [3.63, 3.8) is 0 Å². The van der Waals surface area contributed by atoms with Crippen molar-refractivity contribution < 1.29 is 9.53 Å². The van der Waals surface area contributed by atoms with E-state index in [-0.39, 0.29) is 11.9 Å². The van der Waals surface area contributed by atoms with E-state index < -0.39 is 0 Å². The largest absolute Gasteiger partial charge is 0.497 e. The molecule has 7 heteroatoms. The van der Waals surface area contributed by atoms with Gasteiger partial charge in [0.25, 0.3) is 0 Å². The third-order valence-electron chi connectivity index (χ3n) is 5.16. The maximum Gasteiger partial charge on any atom is 0.220 e. The van der Waals surface area contributed by atoms with Gasteiger partial charge in [0.05, 0.1) is 37.9 Å². The van der Waals surface area contributed by atoms with Crippen LogP contribution in [0.3, 0.4) is 0 Å². The van der Waals surface area contributed by atoms with Crippen LogP contribution in [0.5, 0.6) is 5.75 Å². The molecule has 0 aliphatic heterocycles. The second kappa shape index (κ2) is 10.6. The van der Waals surface area contributed by atoms with E-state index in [1.165, 1.54) is 0 Å². The number of rotatable bonds is 10. The van der Waals surface area contributed by atoms with Crippen molar-refractivity contribution >= 4 is 5.91 Å². The zero-order chi connectivity index (χ0) is 21.4. The van der Waals surface area contributed by atoms with E-state index in [9.17, 15) is 4.79 Å². The summed E-state index contributed by atoms with van der Waals surface area (Å²) < 4.78 is 7.17. The summed E-state index contributed by atoms with van der Waals surface area (Å²) in [5.41, 5.74) is 4.15. The van der Waals surface area contributed by atoms with Gasteiger partial charge in [0.2, 0.25) is 5.91 Å². The molecule has 1 atom stereocenters. The van der Waals surface area contributed by atoms with Crippen LogP contribution in [-0.2, 0) is 17.8 Å². The minimum absolute atomic E-state index is 0.0170. The van der Waals surface area contributed by atoms with Gasteiger partial charge < -0.3 is 15.0 Å². The molecule has 0 radical (unpaired) electrons. The van der Waals surface area contributed by atoms with Crippen LogP contribution < -0.4 is 10.1 Å². The van der Waals surface area contributed by atoms with Gasteiger partial charge in [-0.25, -0.2) is 0 Å². The molecule has 156 valence electrons. The molecule has 2 aromatic rings. The number of carbonyl (C=O) groups is 1. The lowest BCUT2D eigenvalue weighted by Gasteiger charge is -2.25. The number of aryl methyl sites for hydroxylation is 2. The van der Waals surface area contributed by atoms with Crippen LogP contribution in [0.2, 0.25) is 0 Å². The van der Waals surface area contributed by atoms with Crippen molar-refractivity contribution in [2.24, 2.45) is 0 Å². The first-order valence-corrected chi connectivity index (χ1v) is 9.84.